The summed E-state index contributed by atoms with van der Waals surface area (Å²) in [5.41, 5.74) is 2.65. The molecule has 3 aliphatic heterocycles. The second-order valence-electron chi connectivity index (χ2n) is 12.0. The zero-order valence-electron chi connectivity index (χ0n) is 25.3. The third-order valence-corrected chi connectivity index (χ3v) is 9.30. The smallest absolute Gasteiger partial charge is 0.288 e. The molecule has 2 N–H and O–H groups in total. The predicted molar refractivity (Wildman–Crippen MR) is 170 cm³/mol. The fourth-order valence-electron chi connectivity index (χ4n) is 6.67. The summed E-state index contributed by atoms with van der Waals surface area (Å²) >= 11 is 0. The van der Waals surface area contributed by atoms with Gasteiger partial charge in [0.25, 0.3) is 5.91 Å². The van der Waals surface area contributed by atoms with Gasteiger partial charge in [0.2, 0.25) is 12.2 Å². The molecule has 0 radical (unpaired) electrons. The molecule has 3 aliphatic rings. The van der Waals surface area contributed by atoms with Gasteiger partial charge in [-0.2, -0.15) is 0 Å². The van der Waals surface area contributed by atoms with Crippen LogP contribution in [-0.4, -0.2) is 53.4 Å². The Labute approximate surface area is 265 Å². The van der Waals surface area contributed by atoms with Crippen LogP contribution in [0.2, 0.25) is 0 Å². The molecule has 2 fully saturated rings. The number of hydrogen-bond donors (Lipinski definition) is 2. The van der Waals surface area contributed by atoms with Gasteiger partial charge in [0, 0.05) is 36.7 Å². The van der Waals surface area contributed by atoms with Crippen LogP contribution >= 0.6 is 0 Å². The Balaban J connectivity index is 1.13. The van der Waals surface area contributed by atoms with Crippen molar-refractivity contribution in [1.29, 1.82) is 0 Å². The zero-order valence-corrected chi connectivity index (χ0v) is 25.3. The third-order valence-electron chi connectivity index (χ3n) is 9.30. The predicted octanol–water partition coefficient (Wildman–Crippen LogP) is 4.17. The summed E-state index contributed by atoms with van der Waals surface area (Å²) in [4.78, 5) is 44.5. The van der Waals surface area contributed by atoms with Crippen LogP contribution in [0.25, 0.3) is 11.0 Å². The number of carbonyl (C=O) groups is 2. The minimum absolute atomic E-state index is 0.0276. The normalized spacial score (nSPS) is 20.8. The number of aliphatic hydroxyl groups is 1. The molecule has 4 aromatic rings. The lowest BCUT2D eigenvalue weighted by molar-refractivity contribution is -0.157. The number of aliphatic hydroxyl groups excluding tert-OH is 1. The lowest BCUT2D eigenvalue weighted by Crippen LogP contribution is -2.57. The van der Waals surface area contributed by atoms with Crippen LogP contribution in [0.4, 0.5) is 5.69 Å². The molecular formula is C36H35N3O7. The van der Waals surface area contributed by atoms with E-state index in [9.17, 15) is 19.5 Å². The molecular weight excluding hydrogens is 586 g/mol. The van der Waals surface area contributed by atoms with Gasteiger partial charge in [0.15, 0.2) is 11.2 Å². The maximum absolute atomic E-state index is 14.0. The highest BCUT2D eigenvalue weighted by molar-refractivity contribution is 5.95. The van der Waals surface area contributed by atoms with Gasteiger partial charge in [-0.25, -0.2) is 0 Å². The number of nitrogens with zero attached hydrogens (tertiary/aromatic N) is 2. The van der Waals surface area contributed by atoms with Gasteiger partial charge in [-0.1, -0.05) is 54.6 Å². The first-order valence-corrected chi connectivity index (χ1v) is 15.5. The van der Waals surface area contributed by atoms with E-state index in [4.69, 9.17) is 13.9 Å². The van der Waals surface area contributed by atoms with Crippen LogP contribution in [0, 0.1) is 0 Å². The first-order valence-electron chi connectivity index (χ1n) is 15.5. The number of allylic oxidation sites excluding steroid dienone is 1. The topological polar surface area (TPSA) is 122 Å². The van der Waals surface area contributed by atoms with Crippen LogP contribution in [0.15, 0.2) is 106 Å². The largest absolute Gasteiger partial charge is 0.464 e. The van der Waals surface area contributed by atoms with E-state index in [1.165, 1.54) is 6.26 Å². The fraction of sp³-hybridized carbons (Fsp3) is 0.306. The Hall–Kier alpha value is -4.93. The van der Waals surface area contributed by atoms with Crippen molar-refractivity contribution >= 4 is 28.5 Å². The minimum Gasteiger partial charge on any atom is -0.464 e. The summed E-state index contributed by atoms with van der Waals surface area (Å²) in [6.45, 7) is 1.31. The van der Waals surface area contributed by atoms with Crippen LogP contribution < -0.4 is 15.6 Å². The summed E-state index contributed by atoms with van der Waals surface area (Å²) in [5.74, 6) is -0.715. The number of hydrogen-bond acceptors (Lipinski definition) is 8. The fourth-order valence-corrected chi connectivity index (χ4v) is 6.67. The van der Waals surface area contributed by atoms with Crippen molar-refractivity contribution in [3.05, 3.63) is 124 Å². The summed E-state index contributed by atoms with van der Waals surface area (Å²) in [5, 5.41) is 12.8. The molecule has 1 spiro atoms. The second-order valence-corrected chi connectivity index (χ2v) is 12.0. The van der Waals surface area contributed by atoms with E-state index >= 15 is 0 Å². The van der Waals surface area contributed by atoms with Crippen LogP contribution in [0.3, 0.4) is 0 Å². The number of likely N-dealkylation sites (tertiary alicyclic amines) is 1. The number of ether oxygens (including phenoxy) is 2. The van der Waals surface area contributed by atoms with E-state index in [2.05, 4.69) is 10.2 Å². The van der Waals surface area contributed by atoms with Gasteiger partial charge in [-0.05, 0) is 54.3 Å². The summed E-state index contributed by atoms with van der Waals surface area (Å²) in [6, 6.07) is 24.3. The summed E-state index contributed by atoms with van der Waals surface area (Å²) in [7, 11) is 0. The highest BCUT2D eigenvalue weighted by Crippen LogP contribution is 2.38. The molecule has 0 saturated carbocycles. The lowest BCUT2D eigenvalue weighted by atomic mass is 9.85. The molecule has 0 bridgehead atoms. The van der Waals surface area contributed by atoms with Crippen molar-refractivity contribution in [2.45, 2.75) is 50.2 Å². The van der Waals surface area contributed by atoms with Crippen molar-refractivity contribution in [2.24, 2.45) is 0 Å². The average molecular weight is 622 g/mol. The number of rotatable bonds is 7. The zero-order chi connectivity index (χ0) is 31.7. The molecule has 2 atom stereocenters. The number of anilines is 1. The standard InChI is InChI=1S/C36H35N3O7/c40-20-24-10-12-25(13-11-24)21-45-32-19-26(29-22-44-30-9-5-4-8-28(30)33(29)41)18-31(46-32)34(42)38-16-14-36(15-17-38)35(43)37-23-39(36)27-6-2-1-3-7-27/h1-13,18,22,26,32,40H,14-17,19-21,23H2,(H,37,43)/t26-,32+/m0/s1. The molecule has 0 aliphatic carbocycles. The Morgan fingerprint density at radius 3 is 2.43 bits per heavy atom. The molecule has 1 aromatic heterocycles. The van der Waals surface area contributed by atoms with Crippen molar-refractivity contribution in [2.75, 3.05) is 24.7 Å². The third kappa shape index (κ3) is 5.54. The summed E-state index contributed by atoms with van der Waals surface area (Å²) in [6.07, 6.45) is 3.60. The van der Waals surface area contributed by atoms with Crippen LogP contribution in [0.5, 0.6) is 0 Å². The maximum Gasteiger partial charge on any atom is 0.288 e. The Bertz CT molecular complexity index is 1830. The van der Waals surface area contributed by atoms with Gasteiger partial charge in [-0.3, -0.25) is 14.4 Å². The van der Waals surface area contributed by atoms with Gasteiger partial charge < -0.3 is 34.1 Å². The number of para-hydroxylation sites is 2. The van der Waals surface area contributed by atoms with Crippen molar-refractivity contribution in [3.8, 4) is 0 Å². The number of benzene rings is 3. The molecule has 3 aromatic carbocycles. The second kappa shape index (κ2) is 12.5. The number of fused-ring (bicyclic) bond motifs is 1. The van der Waals surface area contributed by atoms with E-state index in [-0.39, 0.29) is 36.2 Å². The molecule has 2 amide bonds. The monoisotopic (exact) mass is 621 g/mol. The Morgan fingerprint density at radius 1 is 0.957 bits per heavy atom. The molecule has 0 unspecified atom stereocenters. The molecule has 46 heavy (non-hydrogen) atoms. The van der Waals surface area contributed by atoms with Gasteiger partial charge in [0.05, 0.1) is 31.5 Å². The number of amides is 2. The summed E-state index contributed by atoms with van der Waals surface area (Å²) < 4.78 is 18.1. The van der Waals surface area contributed by atoms with Crippen LogP contribution in [0.1, 0.15) is 41.9 Å². The highest BCUT2D eigenvalue weighted by Gasteiger charge is 2.51. The van der Waals surface area contributed by atoms with Crippen molar-refractivity contribution in [3.63, 3.8) is 0 Å². The first kappa shape index (κ1) is 29.8. The van der Waals surface area contributed by atoms with Gasteiger partial charge in [-0.15, -0.1) is 0 Å². The quantitative estimate of drug-likeness (QED) is 0.316. The molecule has 236 valence electrons. The Kier molecular flexibility index (Phi) is 8.06. The van der Waals surface area contributed by atoms with Crippen molar-refractivity contribution in [1.82, 2.24) is 10.2 Å². The molecule has 10 nitrogen and oxygen atoms in total. The van der Waals surface area contributed by atoms with Crippen LogP contribution in [-0.2, 0) is 32.3 Å². The van der Waals surface area contributed by atoms with E-state index in [1.807, 2.05) is 60.7 Å². The minimum atomic E-state index is -0.803. The van der Waals surface area contributed by atoms with E-state index in [0.29, 0.717) is 55.6 Å². The Morgan fingerprint density at radius 2 is 1.67 bits per heavy atom. The van der Waals surface area contributed by atoms with E-state index in [1.54, 1.807) is 29.2 Å². The number of piperidine rings is 1. The molecule has 7 rings (SSSR count). The molecule has 4 heterocycles. The first-order chi connectivity index (χ1) is 22.4. The number of carbonyl (C=O) groups excluding carboxylic acids is 2. The van der Waals surface area contributed by atoms with E-state index < -0.39 is 17.7 Å². The maximum atomic E-state index is 14.0. The number of nitrogens with one attached hydrogen (secondary N) is 1. The SMILES string of the molecule is O=C(C1=C[C@H](c2coc3ccccc3c2=O)C[C@H](OCc2ccc(CO)cc2)O1)N1CCC2(CC1)C(=O)NCN2c1ccccc1. The lowest BCUT2D eigenvalue weighted by Gasteiger charge is -2.43. The van der Waals surface area contributed by atoms with Gasteiger partial charge in [0.1, 0.15) is 11.1 Å². The van der Waals surface area contributed by atoms with Gasteiger partial charge >= 0.3 is 0 Å². The average Bonchev–Trinajstić information content (AvgIpc) is 3.42. The highest BCUT2D eigenvalue weighted by atomic mass is 16.7. The van der Waals surface area contributed by atoms with Crippen molar-refractivity contribution < 1.29 is 28.6 Å². The molecule has 2 saturated heterocycles. The van der Waals surface area contributed by atoms with E-state index in [0.717, 1.165) is 16.8 Å². The molecule has 10 heteroatoms.